The number of nitrogens with one attached hydrogen (secondary N) is 1. The predicted molar refractivity (Wildman–Crippen MR) is 80.5 cm³/mol. The molecule has 1 unspecified atom stereocenters. The van der Waals surface area contributed by atoms with E-state index in [4.69, 9.17) is 4.74 Å². The number of rotatable bonds is 5. The summed E-state index contributed by atoms with van der Waals surface area (Å²) in [6, 6.07) is 13.9. The molecule has 0 aliphatic heterocycles. The second-order valence-electron chi connectivity index (χ2n) is 4.92. The maximum absolute atomic E-state index is 5.90. The Morgan fingerprint density at radius 3 is 2.71 bits per heavy atom. The third-order valence-corrected chi connectivity index (χ3v) is 3.28. The van der Waals surface area contributed by atoms with Crippen molar-refractivity contribution in [2.45, 2.75) is 26.4 Å². The standard InChI is InChI=1S/C16H18N4O/c1-3-15(21-16-11-12(2)17-18-16)14-9-10-20(19-14)13-7-5-4-6-8-13/h4-11,15H,3H2,1-2H3,(H,17,18). The SMILES string of the molecule is CCC(Oc1cc(C)[nH]n1)c1ccn(-c2ccccc2)n1. The van der Waals surface area contributed by atoms with Crippen molar-refractivity contribution in [3.63, 3.8) is 0 Å². The quantitative estimate of drug-likeness (QED) is 0.780. The molecule has 1 aromatic carbocycles. The van der Waals surface area contributed by atoms with Gasteiger partial charge in [0.25, 0.3) is 0 Å². The second kappa shape index (κ2) is 5.83. The van der Waals surface area contributed by atoms with Gasteiger partial charge in [-0.3, -0.25) is 5.10 Å². The Kier molecular flexibility index (Phi) is 3.73. The molecule has 1 N–H and O–H groups in total. The largest absolute Gasteiger partial charge is 0.467 e. The summed E-state index contributed by atoms with van der Waals surface area (Å²) in [6.45, 7) is 4.02. The molecule has 0 saturated heterocycles. The van der Waals surface area contributed by atoms with Crippen molar-refractivity contribution in [1.29, 1.82) is 0 Å². The van der Waals surface area contributed by atoms with E-state index in [1.807, 2.05) is 60.3 Å². The van der Waals surface area contributed by atoms with Gasteiger partial charge in [-0.25, -0.2) is 4.68 Å². The van der Waals surface area contributed by atoms with Crippen LogP contribution in [0.15, 0.2) is 48.7 Å². The fourth-order valence-electron chi connectivity index (χ4n) is 2.19. The van der Waals surface area contributed by atoms with Crippen molar-refractivity contribution in [3.05, 3.63) is 60.0 Å². The van der Waals surface area contributed by atoms with Crippen molar-refractivity contribution in [1.82, 2.24) is 20.0 Å². The van der Waals surface area contributed by atoms with E-state index in [1.54, 1.807) is 0 Å². The van der Waals surface area contributed by atoms with Crippen LogP contribution in [0.4, 0.5) is 0 Å². The van der Waals surface area contributed by atoms with Crippen LogP contribution in [0.25, 0.3) is 5.69 Å². The van der Waals surface area contributed by atoms with Crippen molar-refractivity contribution < 1.29 is 4.74 Å². The maximum atomic E-state index is 5.90. The van der Waals surface area contributed by atoms with Crippen LogP contribution < -0.4 is 4.74 Å². The van der Waals surface area contributed by atoms with Crippen LogP contribution in [0.5, 0.6) is 5.88 Å². The van der Waals surface area contributed by atoms with Gasteiger partial charge < -0.3 is 4.74 Å². The zero-order chi connectivity index (χ0) is 14.7. The first-order valence-electron chi connectivity index (χ1n) is 7.06. The third kappa shape index (κ3) is 2.97. The monoisotopic (exact) mass is 282 g/mol. The molecule has 108 valence electrons. The fraction of sp³-hybridized carbons (Fsp3) is 0.250. The molecule has 1 atom stereocenters. The third-order valence-electron chi connectivity index (χ3n) is 3.28. The zero-order valence-corrected chi connectivity index (χ0v) is 12.2. The van der Waals surface area contributed by atoms with Gasteiger partial charge in [-0.15, -0.1) is 5.10 Å². The van der Waals surface area contributed by atoms with Gasteiger partial charge >= 0.3 is 0 Å². The number of H-pyrrole nitrogens is 1. The highest BCUT2D eigenvalue weighted by molar-refractivity contribution is 5.30. The van der Waals surface area contributed by atoms with Crippen LogP contribution in [0.1, 0.15) is 30.8 Å². The molecule has 0 aliphatic carbocycles. The number of aromatic amines is 1. The van der Waals surface area contributed by atoms with Crippen LogP contribution in [-0.2, 0) is 0 Å². The van der Waals surface area contributed by atoms with Gasteiger partial charge in [0.2, 0.25) is 5.88 Å². The summed E-state index contributed by atoms with van der Waals surface area (Å²) in [6.07, 6.45) is 2.68. The smallest absolute Gasteiger partial charge is 0.233 e. The molecular formula is C16H18N4O. The molecule has 0 saturated carbocycles. The maximum Gasteiger partial charge on any atom is 0.233 e. The highest BCUT2D eigenvalue weighted by Crippen LogP contribution is 2.23. The van der Waals surface area contributed by atoms with Crippen LogP contribution in [0, 0.1) is 6.92 Å². The summed E-state index contributed by atoms with van der Waals surface area (Å²) in [5, 5.41) is 11.6. The number of para-hydroxylation sites is 1. The fourth-order valence-corrected chi connectivity index (χ4v) is 2.19. The van der Waals surface area contributed by atoms with Crippen LogP contribution in [0.3, 0.4) is 0 Å². The Labute approximate surface area is 123 Å². The van der Waals surface area contributed by atoms with Gasteiger partial charge in [-0.05, 0) is 31.5 Å². The number of ether oxygens (including phenoxy) is 1. The van der Waals surface area contributed by atoms with E-state index in [0.717, 1.165) is 23.5 Å². The zero-order valence-electron chi connectivity index (χ0n) is 12.2. The topological polar surface area (TPSA) is 55.7 Å². The minimum atomic E-state index is -0.0994. The lowest BCUT2D eigenvalue weighted by Crippen LogP contribution is -2.08. The highest BCUT2D eigenvalue weighted by Gasteiger charge is 2.16. The minimum absolute atomic E-state index is 0.0994. The molecule has 0 spiro atoms. The summed E-state index contributed by atoms with van der Waals surface area (Å²) in [7, 11) is 0. The second-order valence-corrected chi connectivity index (χ2v) is 4.92. The van der Waals surface area contributed by atoms with Crippen molar-refractivity contribution in [2.75, 3.05) is 0 Å². The van der Waals surface area contributed by atoms with Gasteiger partial charge in [0.15, 0.2) is 0 Å². The van der Waals surface area contributed by atoms with Crippen LogP contribution in [-0.4, -0.2) is 20.0 Å². The number of benzene rings is 1. The van der Waals surface area contributed by atoms with Gasteiger partial charge in [-0.1, -0.05) is 25.1 Å². The number of nitrogens with zero attached hydrogens (tertiary/aromatic N) is 3. The lowest BCUT2D eigenvalue weighted by atomic mass is 10.2. The summed E-state index contributed by atoms with van der Waals surface area (Å²) in [5.41, 5.74) is 2.92. The average molecular weight is 282 g/mol. The van der Waals surface area contributed by atoms with Gasteiger partial charge in [0.1, 0.15) is 11.8 Å². The number of hydrogen-bond donors (Lipinski definition) is 1. The van der Waals surface area contributed by atoms with Gasteiger partial charge in [-0.2, -0.15) is 5.10 Å². The number of hydrogen-bond acceptors (Lipinski definition) is 3. The van der Waals surface area contributed by atoms with Gasteiger partial charge in [0.05, 0.1) is 5.69 Å². The van der Waals surface area contributed by atoms with E-state index >= 15 is 0 Å². The number of aryl methyl sites for hydroxylation is 1. The summed E-state index contributed by atoms with van der Waals surface area (Å²) >= 11 is 0. The van der Waals surface area contributed by atoms with Crippen LogP contribution >= 0.6 is 0 Å². The van der Waals surface area contributed by atoms with Crippen molar-refractivity contribution >= 4 is 0 Å². The Morgan fingerprint density at radius 1 is 1.24 bits per heavy atom. The van der Waals surface area contributed by atoms with E-state index in [0.29, 0.717) is 5.88 Å². The van der Waals surface area contributed by atoms with Crippen molar-refractivity contribution in [3.8, 4) is 11.6 Å². The molecule has 3 aromatic rings. The lowest BCUT2D eigenvalue weighted by molar-refractivity contribution is 0.187. The van der Waals surface area contributed by atoms with E-state index in [-0.39, 0.29) is 6.10 Å². The highest BCUT2D eigenvalue weighted by atomic mass is 16.5. The van der Waals surface area contributed by atoms with E-state index in [2.05, 4.69) is 22.2 Å². The number of aromatic nitrogens is 4. The predicted octanol–water partition coefficient (Wildman–Crippen LogP) is 3.43. The first-order chi connectivity index (χ1) is 10.3. The normalized spacial score (nSPS) is 12.3. The Bertz CT molecular complexity index is 702. The molecule has 0 bridgehead atoms. The summed E-state index contributed by atoms with van der Waals surface area (Å²) in [4.78, 5) is 0. The summed E-state index contributed by atoms with van der Waals surface area (Å²) in [5.74, 6) is 0.605. The molecule has 3 rings (SSSR count). The minimum Gasteiger partial charge on any atom is -0.467 e. The molecule has 0 radical (unpaired) electrons. The van der Waals surface area contributed by atoms with E-state index < -0.39 is 0 Å². The molecule has 0 fully saturated rings. The van der Waals surface area contributed by atoms with Crippen LogP contribution in [0.2, 0.25) is 0 Å². The molecule has 5 heteroatoms. The molecule has 21 heavy (non-hydrogen) atoms. The summed E-state index contributed by atoms with van der Waals surface area (Å²) < 4.78 is 7.76. The lowest BCUT2D eigenvalue weighted by Gasteiger charge is -2.13. The Hall–Kier alpha value is -2.56. The first kappa shape index (κ1) is 13.4. The van der Waals surface area contributed by atoms with Crippen molar-refractivity contribution in [2.24, 2.45) is 0 Å². The molecule has 2 aromatic heterocycles. The molecule has 2 heterocycles. The average Bonchev–Trinajstić information content (AvgIpc) is 3.15. The molecule has 5 nitrogen and oxygen atoms in total. The van der Waals surface area contributed by atoms with Gasteiger partial charge in [0, 0.05) is 18.0 Å². The van der Waals surface area contributed by atoms with E-state index in [1.165, 1.54) is 0 Å². The molecule has 0 aliphatic rings. The van der Waals surface area contributed by atoms with E-state index in [9.17, 15) is 0 Å². The first-order valence-corrected chi connectivity index (χ1v) is 7.06. The Balaban J connectivity index is 1.80. The molecule has 0 amide bonds. The Morgan fingerprint density at radius 2 is 2.05 bits per heavy atom. The molecular weight excluding hydrogens is 264 g/mol.